The Bertz CT molecular complexity index is 220. The topological polar surface area (TPSA) is 9.72 Å². The fourth-order valence-corrected chi connectivity index (χ4v) is 2.68. The molecule has 0 N–H and O–H groups in total. The number of piperazine rings is 1. The Kier molecular flexibility index (Phi) is 3.57. The van der Waals surface area contributed by atoms with Crippen LogP contribution in [-0.4, -0.2) is 72.1 Å². The average Bonchev–Trinajstić information content (AvgIpc) is 2.14. The Morgan fingerprint density at radius 3 is 2.00 bits per heavy atom. The minimum atomic E-state index is 0.363. The van der Waals surface area contributed by atoms with Crippen LogP contribution in [0.5, 0.6) is 0 Å². The first-order chi connectivity index (χ1) is 7.50. The third kappa shape index (κ3) is 2.58. The quantitative estimate of drug-likeness (QED) is 0.697. The molecule has 0 aromatic heterocycles. The summed E-state index contributed by atoms with van der Waals surface area (Å²) in [4.78, 5) is 7.83. The predicted molar refractivity (Wildman–Crippen MR) is 68.8 cm³/mol. The lowest BCUT2D eigenvalue weighted by atomic mass is 9.96. The number of rotatable bonds is 2. The molecular weight excluding hydrogens is 198 g/mol. The molecule has 2 fully saturated rings. The smallest absolute Gasteiger partial charge is 0.0351 e. The molecule has 0 amide bonds. The highest BCUT2D eigenvalue weighted by Crippen LogP contribution is 2.24. The van der Waals surface area contributed by atoms with Crippen molar-refractivity contribution >= 4 is 0 Å². The first-order valence-electron chi connectivity index (χ1n) is 6.72. The zero-order chi connectivity index (χ0) is 11.8. The Hall–Kier alpha value is -0.120. The summed E-state index contributed by atoms with van der Waals surface area (Å²) in [6.07, 6.45) is 0. The van der Waals surface area contributed by atoms with Crippen LogP contribution in [0.15, 0.2) is 0 Å². The molecule has 2 aliphatic heterocycles. The lowest BCUT2D eigenvalue weighted by molar-refractivity contribution is -0.0370. The average molecular weight is 225 g/mol. The van der Waals surface area contributed by atoms with Gasteiger partial charge in [-0.2, -0.15) is 0 Å². The van der Waals surface area contributed by atoms with Crippen LogP contribution in [0.1, 0.15) is 27.7 Å². The van der Waals surface area contributed by atoms with Crippen molar-refractivity contribution in [3.63, 3.8) is 0 Å². The van der Waals surface area contributed by atoms with E-state index in [4.69, 9.17) is 0 Å². The summed E-state index contributed by atoms with van der Waals surface area (Å²) in [7, 11) is 0. The number of likely N-dealkylation sites (tertiary alicyclic amines) is 1. The summed E-state index contributed by atoms with van der Waals surface area (Å²) in [5.41, 5.74) is 0.363. The molecule has 16 heavy (non-hydrogen) atoms. The maximum atomic E-state index is 2.69. The number of likely N-dealkylation sites (N-methyl/N-ethyl adjacent to an activating group) is 1. The number of hydrogen-bond acceptors (Lipinski definition) is 3. The van der Waals surface area contributed by atoms with Crippen LogP contribution in [0.3, 0.4) is 0 Å². The minimum Gasteiger partial charge on any atom is -0.301 e. The van der Waals surface area contributed by atoms with E-state index in [1.807, 2.05) is 0 Å². The molecule has 0 atom stereocenters. The maximum absolute atomic E-state index is 2.69. The second-order valence-corrected chi connectivity index (χ2v) is 6.20. The molecule has 2 saturated heterocycles. The van der Waals surface area contributed by atoms with Gasteiger partial charge in [-0.1, -0.05) is 6.92 Å². The van der Waals surface area contributed by atoms with E-state index in [-0.39, 0.29) is 0 Å². The molecule has 2 aliphatic rings. The first-order valence-corrected chi connectivity index (χ1v) is 6.72. The van der Waals surface area contributed by atoms with Gasteiger partial charge in [0.2, 0.25) is 0 Å². The molecule has 0 spiro atoms. The molecular formula is C13H27N3. The van der Waals surface area contributed by atoms with Gasteiger partial charge in [-0.15, -0.1) is 0 Å². The van der Waals surface area contributed by atoms with Gasteiger partial charge in [0.05, 0.1) is 0 Å². The van der Waals surface area contributed by atoms with E-state index in [2.05, 4.69) is 42.4 Å². The van der Waals surface area contributed by atoms with E-state index < -0.39 is 0 Å². The van der Waals surface area contributed by atoms with Crippen LogP contribution >= 0.6 is 0 Å². The van der Waals surface area contributed by atoms with Gasteiger partial charge < -0.3 is 4.90 Å². The Balaban J connectivity index is 1.73. The summed E-state index contributed by atoms with van der Waals surface area (Å²) in [5.74, 6) is 0. The third-order valence-corrected chi connectivity index (χ3v) is 4.18. The van der Waals surface area contributed by atoms with Crippen LogP contribution in [-0.2, 0) is 0 Å². The Morgan fingerprint density at radius 2 is 1.56 bits per heavy atom. The molecule has 2 heterocycles. The summed E-state index contributed by atoms with van der Waals surface area (Å²) in [6.45, 7) is 18.1. The van der Waals surface area contributed by atoms with Crippen molar-refractivity contribution in [1.29, 1.82) is 0 Å². The molecule has 2 rings (SSSR count). The number of nitrogens with zero attached hydrogens (tertiary/aromatic N) is 3. The fraction of sp³-hybridized carbons (Fsp3) is 1.00. The first kappa shape index (κ1) is 12.3. The second kappa shape index (κ2) is 4.63. The SMILES string of the molecule is CCN1CCN(C2CN(C(C)(C)C)C2)CC1. The zero-order valence-corrected chi connectivity index (χ0v) is 11.4. The monoisotopic (exact) mass is 225 g/mol. The standard InChI is InChI=1S/C13H27N3/c1-5-14-6-8-15(9-7-14)12-10-16(11-12)13(2,3)4/h12H,5-11H2,1-4H3. The van der Waals surface area contributed by atoms with Gasteiger partial charge in [0.1, 0.15) is 0 Å². The van der Waals surface area contributed by atoms with Gasteiger partial charge in [-0.3, -0.25) is 9.80 Å². The second-order valence-electron chi connectivity index (χ2n) is 6.20. The lowest BCUT2D eigenvalue weighted by Crippen LogP contribution is -2.66. The molecule has 3 nitrogen and oxygen atoms in total. The van der Waals surface area contributed by atoms with Crippen LogP contribution in [0.4, 0.5) is 0 Å². The van der Waals surface area contributed by atoms with E-state index in [0.29, 0.717) is 5.54 Å². The molecule has 94 valence electrons. The summed E-state index contributed by atoms with van der Waals surface area (Å²) >= 11 is 0. The van der Waals surface area contributed by atoms with Crippen molar-refractivity contribution in [3.8, 4) is 0 Å². The molecule has 0 aromatic carbocycles. The zero-order valence-electron chi connectivity index (χ0n) is 11.4. The highest BCUT2D eigenvalue weighted by Gasteiger charge is 2.38. The predicted octanol–water partition coefficient (Wildman–Crippen LogP) is 1.11. The van der Waals surface area contributed by atoms with Gasteiger partial charge in [-0.25, -0.2) is 0 Å². The van der Waals surface area contributed by atoms with Gasteiger partial charge in [-0.05, 0) is 27.3 Å². The normalized spacial score (nSPS) is 27.0. The minimum absolute atomic E-state index is 0.363. The van der Waals surface area contributed by atoms with Crippen LogP contribution in [0, 0.1) is 0 Å². The summed E-state index contributed by atoms with van der Waals surface area (Å²) < 4.78 is 0. The van der Waals surface area contributed by atoms with Crippen LogP contribution in [0.25, 0.3) is 0 Å². The Morgan fingerprint density at radius 1 is 1.00 bits per heavy atom. The van der Waals surface area contributed by atoms with Gasteiger partial charge >= 0.3 is 0 Å². The molecule has 3 heteroatoms. The van der Waals surface area contributed by atoms with E-state index in [1.165, 1.54) is 45.8 Å². The van der Waals surface area contributed by atoms with Crippen molar-refractivity contribution in [1.82, 2.24) is 14.7 Å². The lowest BCUT2D eigenvalue weighted by Gasteiger charge is -2.53. The van der Waals surface area contributed by atoms with Crippen molar-refractivity contribution in [2.24, 2.45) is 0 Å². The molecule has 0 radical (unpaired) electrons. The van der Waals surface area contributed by atoms with Gasteiger partial charge in [0, 0.05) is 50.8 Å². The highest BCUT2D eigenvalue weighted by atomic mass is 15.4. The van der Waals surface area contributed by atoms with Crippen molar-refractivity contribution in [2.45, 2.75) is 39.3 Å². The molecule has 0 bridgehead atoms. The Labute approximate surface area is 100 Å². The highest BCUT2D eigenvalue weighted by molar-refractivity contribution is 4.95. The number of hydrogen-bond donors (Lipinski definition) is 0. The van der Waals surface area contributed by atoms with Crippen LogP contribution < -0.4 is 0 Å². The van der Waals surface area contributed by atoms with E-state index in [9.17, 15) is 0 Å². The van der Waals surface area contributed by atoms with E-state index >= 15 is 0 Å². The van der Waals surface area contributed by atoms with Gasteiger partial charge in [0.15, 0.2) is 0 Å². The van der Waals surface area contributed by atoms with Crippen molar-refractivity contribution < 1.29 is 0 Å². The summed E-state index contributed by atoms with van der Waals surface area (Å²) in [5, 5.41) is 0. The molecule has 0 aromatic rings. The van der Waals surface area contributed by atoms with Crippen molar-refractivity contribution in [3.05, 3.63) is 0 Å². The molecule has 0 saturated carbocycles. The van der Waals surface area contributed by atoms with E-state index in [1.54, 1.807) is 0 Å². The fourth-order valence-electron chi connectivity index (χ4n) is 2.68. The summed E-state index contributed by atoms with van der Waals surface area (Å²) in [6, 6.07) is 0.832. The maximum Gasteiger partial charge on any atom is 0.0351 e. The molecule has 0 aliphatic carbocycles. The third-order valence-electron chi connectivity index (χ3n) is 4.18. The van der Waals surface area contributed by atoms with Crippen molar-refractivity contribution in [2.75, 3.05) is 45.8 Å². The van der Waals surface area contributed by atoms with E-state index in [0.717, 1.165) is 6.04 Å². The molecule has 0 unspecified atom stereocenters. The largest absolute Gasteiger partial charge is 0.301 e. The van der Waals surface area contributed by atoms with Crippen LogP contribution in [0.2, 0.25) is 0 Å². The van der Waals surface area contributed by atoms with Gasteiger partial charge in [0.25, 0.3) is 0 Å².